The van der Waals surface area contributed by atoms with E-state index in [1.165, 1.54) is 18.2 Å². The van der Waals surface area contributed by atoms with Gasteiger partial charge in [-0.3, -0.25) is 10.1 Å². The molecule has 2 N–H and O–H groups in total. The van der Waals surface area contributed by atoms with E-state index in [0.29, 0.717) is 0 Å². The molecule has 0 radical (unpaired) electrons. The summed E-state index contributed by atoms with van der Waals surface area (Å²) in [7, 11) is 0. The molecule has 1 amide bonds. The van der Waals surface area contributed by atoms with Crippen LogP contribution in [0.15, 0.2) is 53.0 Å². The zero-order valence-electron chi connectivity index (χ0n) is 10.2. The lowest BCUT2D eigenvalue weighted by Gasteiger charge is -2.10. The van der Waals surface area contributed by atoms with Crippen molar-refractivity contribution in [2.45, 2.75) is 0 Å². The molecule has 0 spiro atoms. The van der Waals surface area contributed by atoms with Gasteiger partial charge in [-0.25, -0.2) is 4.39 Å². The number of anilines is 1. The molecule has 0 aliphatic rings. The summed E-state index contributed by atoms with van der Waals surface area (Å²) >= 11 is 8.35. The number of hydrogen-bond acceptors (Lipinski definition) is 2. The molecule has 0 saturated heterocycles. The first-order valence-electron chi connectivity index (χ1n) is 5.68. The van der Waals surface area contributed by atoms with Gasteiger partial charge in [-0.05, 0) is 42.5 Å². The zero-order chi connectivity index (χ0) is 14.5. The monoisotopic (exact) mass is 352 g/mol. The van der Waals surface area contributed by atoms with Crippen molar-refractivity contribution in [3.63, 3.8) is 0 Å². The molecule has 2 rings (SSSR count). The highest BCUT2D eigenvalue weighted by atomic mass is 79.9. The van der Waals surface area contributed by atoms with Crippen molar-refractivity contribution in [3.8, 4) is 0 Å². The number of thiocarbonyl (C=S) groups is 1. The summed E-state index contributed by atoms with van der Waals surface area (Å²) in [6.45, 7) is 0. The van der Waals surface area contributed by atoms with E-state index in [1.807, 2.05) is 18.2 Å². The normalized spacial score (nSPS) is 9.90. The second-order valence-electron chi connectivity index (χ2n) is 3.90. The lowest BCUT2D eigenvalue weighted by atomic mass is 10.2. The van der Waals surface area contributed by atoms with Crippen molar-refractivity contribution in [2.75, 3.05) is 5.32 Å². The predicted octanol–water partition coefficient (Wildman–Crippen LogP) is 3.72. The third kappa shape index (κ3) is 3.85. The highest BCUT2D eigenvalue weighted by Gasteiger charge is 2.12. The third-order valence-electron chi connectivity index (χ3n) is 2.43. The Morgan fingerprint density at radius 2 is 1.90 bits per heavy atom. The molecule has 0 aliphatic carbocycles. The zero-order valence-corrected chi connectivity index (χ0v) is 12.6. The number of nitrogens with one attached hydrogen (secondary N) is 2. The first kappa shape index (κ1) is 14.6. The Morgan fingerprint density at radius 1 is 1.15 bits per heavy atom. The second kappa shape index (κ2) is 6.58. The summed E-state index contributed by atoms with van der Waals surface area (Å²) in [5, 5.41) is 5.39. The molecule has 0 bridgehead atoms. The summed E-state index contributed by atoms with van der Waals surface area (Å²) in [6, 6.07) is 13.0. The van der Waals surface area contributed by atoms with Crippen molar-refractivity contribution in [1.29, 1.82) is 0 Å². The number of benzene rings is 2. The van der Waals surface area contributed by atoms with E-state index >= 15 is 0 Å². The largest absolute Gasteiger partial charge is 0.332 e. The molecule has 0 aliphatic heterocycles. The van der Waals surface area contributed by atoms with E-state index in [0.717, 1.165) is 10.2 Å². The van der Waals surface area contributed by atoms with E-state index in [2.05, 4.69) is 26.6 Å². The van der Waals surface area contributed by atoms with Crippen LogP contribution in [0.4, 0.5) is 10.1 Å². The van der Waals surface area contributed by atoms with Crippen LogP contribution in [-0.2, 0) is 0 Å². The molecular weight excluding hydrogens is 343 g/mol. The van der Waals surface area contributed by atoms with Gasteiger partial charge in [-0.1, -0.05) is 34.1 Å². The predicted molar refractivity (Wildman–Crippen MR) is 84.2 cm³/mol. The van der Waals surface area contributed by atoms with Gasteiger partial charge in [-0.15, -0.1) is 0 Å². The highest BCUT2D eigenvalue weighted by Crippen LogP contribution is 2.15. The lowest BCUT2D eigenvalue weighted by molar-refractivity contribution is 0.0974. The van der Waals surface area contributed by atoms with Gasteiger partial charge in [-0.2, -0.15) is 0 Å². The maximum absolute atomic E-state index is 13.4. The number of rotatable bonds is 2. The first-order valence-corrected chi connectivity index (χ1v) is 6.89. The molecule has 2 aromatic rings. The molecule has 0 aromatic heterocycles. The Balaban J connectivity index is 2.02. The molecule has 6 heteroatoms. The van der Waals surface area contributed by atoms with Crippen LogP contribution >= 0.6 is 28.1 Å². The molecule has 102 valence electrons. The maximum Gasteiger partial charge on any atom is 0.260 e. The second-order valence-corrected chi connectivity index (χ2v) is 5.22. The summed E-state index contributed by atoms with van der Waals surface area (Å²) in [6.07, 6.45) is 0. The minimum atomic E-state index is -0.588. The Bertz CT molecular complexity index is 663. The topological polar surface area (TPSA) is 41.1 Å². The van der Waals surface area contributed by atoms with Gasteiger partial charge in [0.2, 0.25) is 0 Å². The molecule has 0 atom stereocenters. The number of halogens is 2. The molecule has 0 unspecified atom stereocenters. The molecule has 3 nitrogen and oxygen atoms in total. The summed E-state index contributed by atoms with van der Waals surface area (Å²) < 4.78 is 14.3. The summed E-state index contributed by atoms with van der Waals surface area (Å²) in [5.74, 6) is -1.18. The van der Waals surface area contributed by atoms with Gasteiger partial charge in [0, 0.05) is 10.2 Å². The van der Waals surface area contributed by atoms with Crippen LogP contribution in [0.25, 0.3) is 0 Å². The average Bonchev–Trinajstić information content (AvgIpc) is 2.38. The lowest BCUT2D eigenvalue weighted by Crippen LogP contribution is -2.34. The minimum absolute atomic E-state index is 0.0501. The van der Waals surface area contributed by atoms with Crippen LogP contribution in [0.2, 0.25) is 0 Å². The van der Waals surface area contributed by atoms with Gasteiger partial charge in [0.25, 0.3) is 5.91 Å². The molecule has 0 heterocycles. The van der Waals surface area contributed by atoms with Gasteiger partial charge < -0.3 is 5.32 Å². The molecule has 2 aromatic carbocycles. The third-order valence-corrected chi connectivity index (χ3v) is 3.13. The van der Waals surface area contributed by atoms with E-state index in [9.17, 15) is 9.18 Å². The van der Waals surface area contributed by atoms with Crippen molar-refractivity contribution >= 4 is 44.9 Å². The van der Waals surface area contributed by atoms with Crippen molar-refractivity contribution in [3.05, 3.63) is 64.4 Å². The van der Waals surface area contributed by atoms with Crippen LogP contribution in [0.5, 0.6) is 0 Å². The average molecular weight is 353 g/mol. The van der Waals surface area contributed by atoms with Crippen molar-refractivity contribution in [2.24, 2.45) is 0 Å². The van der Waals surface area contributed by atoms with Crippen LogP contribution in [0.3, 0.4) is 0 Å². The minimum Gasteiger partial charge on any atom is -0.332 e. The quantitative estimate of drug-likeness (QED) is 0.809. The number of amides is 1. The van der Waals surface area contributed by atoms with E-state index in [1.54, 1.807) is 12.1 Å². The van der Waals surface area contributed by atoms with E-state index in [4.69, 9.17) is 12.2 Å². The number of hydrogen-bond donors (Lipinski definition) is 2. The Kier molecular flexibility index (Phi) is 4.81. The number of carbonyl (C=O) groups is 1. The van der Waals surface area contributed by atoms with Gasteiger partial charge in [0.05, 0.1) is 5.56 Å². The maximum atomic E-state index is 13.4. The van der Waals surface area contributed by atoms with Gasteiger partial charge >= 0.3 is 0 Å². The van der Waals surface area contributed by atoms with Crippen LogP contribution < -0.4 is 10.6 Å². The van der Waals surface area contributed by atoms with Gasteiger partial charge in [0.15, 0.2) is 5.11 Å². The van der Waals surface area contributed by atoms with E-state index in [-0.39, 0.29) is 10.7 Å². The molecular formula is C14H10BrFN2OS. The number of carbonyl (C=O) groups excluding carboxylic acids is 1. The molecule has 0 saturated carbocycles. The van der Waals surface area contributed by atoms with Crippen molar-refractivity contribution in [1.82, 2.24) is 5.32 Å². The molecule has 20 heavy (non-hydrogen) atoms. The fourth-order valence-electron chi connectivity index (χ4n) is 1.54. The van der Waals surface area contributed by atoms with Crippen LogP contribution in [-0.4, -0.2) is 11.0 Å². The fourth-order valence-corrected chi connectivity index (χ4v) is 2.15. The Hall–Kier alpha value is -1.79. The van der Waals surface area contributed by atoms with Gasteiger partial charge in [0.1, 0.15) is 5.82 Å². The smallest absolute Gasteiger partial charge is 0.260 e. The van der Waals surface area contributed by atoms with E-state index < -0.39 is 11.7 Å². The van der Waals surface area contributed by atoms with Crippen LogP contribution in [0.1, 0.15) is 10.4 Å². The standard InChI is InChI=1S/C14H10BrFN2OS/c15-9-4-3-5-10(8-9)17-14(20)18-13(19)11-6-1-2-7-12(11)16/h1-8H,(H2,17,18,19,20). The molecule has 0 fully saturated rings. The highest BCUT2D eigenvalue weighted by molar-refractivity contribution is 9.10. The summed E-state index contributed by atoms with van der Waals surface area (Å²) in [4.78, 5) is 11.8. The Morgan fingerprint density at radius 3 is 2.60 bits per heavy atom. The SMILES string of the molecule is O=C(NC(=S)Nc1cccc(Br)c1)c1ccccc1F. The first-order chi connectivity index (χ1) is 9.56. The van der Waals surface area contributed by atoms with Crippen LogP contribution in [0, 0.1) is 5.82 Å². The summed E-state index contributed by atoms with van der Waals surface area (Å²) in [5.41, 5.74) is 0.670. The fraction of sp³-hybridized carbons (Fsp3) is 0. The Labute approximate surface area is 129 Å². The van der Waals surface area contributed by atoms with Crippen molar-refractivity contribution < 1.29 is 9.18 Å².